The quantitative estimate of drug-likeness (QED) is 0.601. The van der Waals surface area contributed by atoms with Crippen LogP contribution < -0.4 is 10.1 Å². The Balaban J connectivity index is 1.54. The van der Waals surface area contributed by atoms with Gasteiger partial charge in [-0.15, -0.1) is 0 Å². The van der Waals surface area contributed by atoms with Crippen molar-refractivity contribution >= 4 is 16.8 Å². The van der Waals surface area contributed by atoms with Gasteiger partial charge in [0, 0.05) is 35.8 Å². The Hall–Kier alpha value is -3.03. The molecule has 2 heterocycles. The van der Waals surface area contributed by atoms with Crippen molar-refractivity contribution in [3.63, 3.8) is 0 Å². The summed E-state index contributed by atoms with van der Waals surface area (Å²) in [6.45, 7) is -0.170. The topological polar surface area (TPSA) is 67.0 Å². The smallest absolute Gasteiger partial charge is 0.413 e. The minimum absolute atomic E-state index is 0.137. The summed E-state index contributed by atoms with van der Waals surface area (Å²) in [7, 11) is 0. The van der Waals surface area contributed by atoms with Crippen LogP contribution in [0.25, 0.3) is 10.9 Å². The number of halogens is 3. The van der Waals surface area contributed by atoms with Gasteiger partial charge >= 0.3 is 6.11 Å². The van der Waals surface area contributed by atoms with Crippen LogP contribution >= 0.6 is 0 Å². The number of rotatable bonds is 8. The maximum absolute atomic E-state index is 12.9. The molecule has 3 rings (SSSR count). The van der Waals surface area contributed by atoms with E-state index in [9.17, 15) is 18.0 Å². The third kappa shape index (κ3) is 4.82. The van der Waals surface area contributed by atoms with Crippen molar-refractivity contribution in [2.24, 2.45) is 0 Å². The molecule has 0 aliphatic rings. The lowest BCUT2D eigenvalue weighted by atomic mass is 10.1. The molecule has 0 saturated carbocycles. The Morgan fingerprint density at radius 1 is 1.29 bits per heavy atom. The normalized spacial score (nSPS) is 12.7. The van der Waals surface area contributed by atoms with E-state index in [2.05, 4.69) is 20.0 Å². The second kappa shape index (κ2) is 8.33. The fourth-order valence-electron chi connectivity index (χ4n) is 2.87. The Morgan fingerprint density at radius 2 is 2.07 bits per heavy atom. The molecule has 0 saturated heterocycles. The Bertz CT molecular complexity index is 941. The number of benzene rings is 1. The number of nitrogens with one attached hydrogen (secondary N) is 2. The molecule has 5 nitrogen and oxygen atoms in total. The van der Waals surface area contributed by atoms with E-state index < -0.39 is 12.8 Å². The average Bonchev–Trinajstić information content (AvgIpc) is 3.10. The first-order valence-electron chi connectivity index (χ1n) is 8.81. The van der Waals surface area contributed by atoms with Crippen LogP contribution in [0, 0.1) is 0 Å². The van der Waals surface area contributed by atoms with Gasteiger partial charge in [0.15, 0.2) is 6.67 Å². The molecule has 8 heteroatoms. The van der Waals surface area contributed by atoms with Crippen LogP contribution in [0.15, 0.2) is 48.8 Å². The largest absolute Gasteiger partial charge is 0.428 e. The SMILES string of the molecule is C[C@@H](NC(=O)CCc1c[nH]c2ccccc12)c1ccc(OC(F)(F)CF)nc1. The molecule has 2 aromatic heterocycles. The average molecular weight is 391 g/mol. The standard InChI is InChI=1S/C20H20F3N3O2/c1-13(14-7-9-19(25-10-14)28-20(22,23)12-21)26-18(27)8-6-15-11-24-17-5-3-2-4-16(15)17/h2-5,7,9-11,13,24H,6,8,12H2,1H3,(H,26,27)/t13-/m1/s1. The zero-order chi connectivity index (χ0) is 20.1. The number of H-pyrrole nitrogens is 1. The summed E-state index contributed by atoms with van der Waals surface area (Å²) in [5, 5.41) is 3.94. The number of alkyl halides is 3. The molecule has 1 atom stereocenters. The highest BCUT2D eigenvalue weighted by molar-refractivity contribution is 5.84. The number of aromatic amines is 1. The van der Waals surface area contributed by atoms with Crippen molar-refractivity contribution in [3.05, 3.63) is 59.9 Å². The minimum atomic E-state index is -3.91. The maximum atomic E-state index is 12.9. The number of aryl methyl sites for hydroxylation is 1. The summed E-state index contributed by atoms with van der Waals surface area (Å²) in [5.74, 6) is -0.522. The van der Waals surface area contributed by atoms with Crippen LogP contribution in [-0.4, -0.2) is 28.7 Å². The van der Waals surface area contributed by atoms with Gasteiger partial charge in [-0.25, -0.2) is 9.37 Å². The number of hydrogen-bond acceptors (Lipinski definition) is 3. The highest BCUT2D eigenvalue weighted by Crippen LogP contribution is 2.22. The minimum Gasteiger partial charge on any atom is -0.413 e. The first-order valence-corrected chi connectivity index (χ1v) is 8.81. The predicted octanol–water partition coefficient (Wildman–Crippen LogP) is 4.31. The number of amides is 1. The number of carbonyl (C=O) groups excluding carboxylic acids is 1. The number of nitrogens with zero attached hydrogens (tertiary/aromatic N) is 1. The number of fused-ring (bicyclic) bond motifs is 1. The molecule has 1 aromatic carbocycles. The van der Waals surface area contributed by atoms with E-state index in [1.807, 2.05) is 30.5 Å². The van der Waals surface area contributed by atoms with Crippen LogP contribution in [0.5, 0.6) is 5.88 Å². The lowest BCUT2D eigenvalue weighted by Crippen LogP contribution is -2.28. The van der Waals surface area contributed by atoms with Gasteiger partial charge in [0.05, 0.1) is 6.04 Å². The summed E-state index contributed by atoms with van der Waals surface area (Å²) in [6.07, 6.45) is 0.206. The van der Waals surface area contributed by atoms with Crippen LogP contribution in [0.3, 0.4) is 0 Å². The monoisotopic (exact) mass is 391 g/mol. The van der Waals surface area contributed by atoms with Crippen LogP contribution in [0.2, 0.25) is 0 Å². The first-order chi connectivity index (χ1) is 13.4. The third-order valence-electron chi connectivity index (χ3n) is 4.34. The van der Waals surface area contributed by atoms with Gasteiger partial charge in [0.2, 0.25) is 11.8 Å². The van der Waals surface area contributed by atoms with Crippen molar-refractivity contribution in [2.75, 3.05) is 6.67 Å². The molecule has 3 aromatic rings. The van der Waals surface area contributed by atoms with Crippen molar-refractivity contribution < 1.29 is 22.7 Å². The molecule has 2 N–H and O–H groups in total. The van der Waals surface area contributed by atoms with Crippen LogP contribution in [-0.2, 0) is 11.2 Å². The fourth-order valence-corrected chi connectivity index (χ4v) is 2.87. The molecule has 1 amide bonds. The molecule has 0 spiro atoms. The summed E-state index contributed by atoms with van der Waals surface area (Å²) in [5.41, 5.74) is 2.71. The van der Waals surface area contributed by atoms with Gasteiger partial charge in [0.25, 0.3) is 0 Å². The molecule has 0 bridgehead atoms. The number of para-hydroxylation sites is 1. The predicted molar refractivity (Wildman–Crippen MR) is 99.0 cm³/mol. The summed E-state index contributed by atoms with van der Waals surface area (Å²) in [6, 6.07) is 10.2. The zero-order valence-electron chi connectivity index (χ0n) is 15.2. The van der Waals surface area contributed by atoms with E-state index in [0.717, 1.165) is 16.5 Å². The van der Waals surface area contributed by atoms with Gasteiger partial charge in [0.1, 0.15) is 0 Å². The molecular formula is C20H20F3N3O2. The van der Waals surface area contributed by atoms with Crippen molar-refractivity contribution in [3.8, 4) is 5.88 Å². The van der Waals surface area contributed by atoms with Crippen LogP contribution in [0.1, 0.15) is 30.5 Å². The van der Waals surface area contributed by atoms with Gasteiger partial charge < -0.3 is 15.0 Å². The van der Waals surface area contributed by atoms with E-state index in [0.29, 0.717) is 18.4 Å². The Labute approximate surface area is 159 Å². The van der Waals surface area contributed by atoms with Gasteiger partial charge in [-0.2, -0.15) is 8.78 Å². The van der Waals surface area contributed by atoms with Gasteiger partial charge in [-0.05, 0) is 30.5 Å². The molecule has 0 aliphatic heterocycles. The number of ether oxygens (including phenoxy) is 1. The summed E-state index contributed by atoms with van der Waals surface area (Å²) in [4.78, 5) is 19.2. The number of carbonyl (C=O) groups is 1. The van der Waals surface area contributed by atoms with Gasteiger partial charge in [-0.1, -0.05) is 24.3 Å². The van der Waals surface area contributed by atoms with E-state index in [-0.39, 0.29) is 17.8 Å². The third-order valence-corrected chi connectivity index (χ3v) is 4.34. The molecule has 0 unspecified atom stereocenters. The van der Waals surface area contributed by atoms with E-state index in [1.165, 1.54) is 18.3 Å². The first kappa shape index (κ1) is 19.7. The van der Waals surface area contributed by atoms with E-state index in [1.54, 1.807) is 6.92 Å². The highest BCUT2D eigenvalue weighted by Gasteiger charge is 2.32. The van der Waals surface area contributed by atoms with Crippen molar-refractivity contribution in [2.45, 2.75) is 31.9 Å². The van der Waals surface area contributed by atoms with Crippen molar-refractivity contribution in [1.82, 2.24) is 15.3 Å². The molecule has 28 heavy (non-hydrogen) atoms. The summed E-state index contributed by atoms with van der Waals surface area (Å²) >= 11 is 0. The highest BCUT2D eigenvalue weighted by atomic mass is 19.3. The molecule has 0 aliphatic carbocycles. The lowest BCUT2D eigenvalue weighted by Gasteiger charge is -2.16. The second-order valence-electron chi connectivity index (χ2n) is 6.45. The number of hydrogen-bond donors (Lipinski definition) is 2. The van der Waals surface area contributed by atoms with Crippen molar-refractivity contribution in [1.29, 1.82) is 0 Å². The van der Waals surface area contributed by atoms with E-state index in [4.69, 9.17) is 0 Å². The Morgan fingerprint density at radius 3 is 2.79 bits per heavy atom. The summed E-state index contributed by atoms with van der Waals surface area (Å²) < 4.78 is 42.0. The Kier molecular flexibility index (Phi) is 5.87. The van der Waals surface area contributed by atoms with E-state index >= 15 is 0 Å². The number of pyridine rings is 1. The zero-order valence-corrected chi connectivity index (χ0v) is 15.2. The maximum Gasteiger partial charge on any atom is 0.428 e. The number of aromatic nitrogens is 2. The van der Waals surface area contributed by atoms with Gasteiger partial charge in [-0.3, -0.25) is 4.79 Å². The molecule has 148 valence electrons. The van der Waals surface area contributed by atoms with Crippen LogP contribution in [0.4, 0.5) is 13.2 Å². The molecule has 0 fully saturated rings. The molecular weight excluding hydrogens is 371 g/mol. The second-order valence-corrected chi connectivity index (χ2v) is 6.45. The fraction of sp³-hybridized carbons (Fsp3) is 0.300. The lowest BCUT2D eigenvalue weighted by molar-refractivity contribution is -0.188. The molecule has 0 radical (unpaired) electrons.